The van der Waals surface area contributed by atoms with Gasteiger partial charge in [0.25, 0.3) is 0 Å². The molecular weight excluding hydrogens is 359 g/mol. The Labute approximate surface area is 160 Å². The highest BCUT2D eigenvalue weighted by atomic mass is 33.2. The summed E-state index contributed by atoms with van der Waals surface area (Å²) in [6.45, 7) is 2.99. The van der Waals surface area contributed by atoms with E-state index in [-0.39, 0.29) is 0 Å². The Bertz CT molecular complexity index is 315. The average Bonchev–Trinajstić information content (AvgIpc) is 2.49. The van der Waals surface area contributed by atoms with E-state index < -0.39 is 4.67 Å². The highest BCUT2D eigenvalue weighted by Gasteiger charge is 2.02. The van der Waals surface area contributed by atoms with Gasteiger partial charge >= 0.3 is 0 Å². The zero-order valence-electron chi connectivity index (χ0n) is 14.9. The Balaban J connectivity index is 3.12. The highest BCUT2D eigenvalue weighted by molar-refractivity contribution is 8.90. The Kier molecular flexibility index (Phi) is 18.7. The summed E-state index contributed by atoms with van der Waals surface area (Å²) >= 11 is 13.3. The third-order valence-corrected chi connectivity index (χ3v) is 5.44. The fraction of sp³-hybridized carbons (Fsp3) is 0.889. The molecule has 5 heteroatoms. The molecule has 0 radical (unpaired) electrons. The normalized spacial score (nSPS) is 12.3. The zero-order valence-corrected chi connectivity index (χ0v) is 18.4. The van der Waals surface area contributed by atoms with Gasteiger partial charge < -0.3 is 4.52 Å². The molecule has 0 heterocycles. The van der Waals surface area contributed by atoms with Crippen molar-refractivity contribution in [2.24, 2.45) is 0 Å². The second-order valence-corrected chi connectivity index (χ2v) is 15.0. The van der Waals surface area contributed by atoms with Crippen LogP contribution in [-0.4, -0.2) is 6.61 Å². The summed E-state index contributed by atoms with van der Waals surface area (Å²) in [5, 5.41) is 0. The molecule has 0 saturated heterocycles. The van der Waals surface area contributed by atoms with Crippen molar-refractivity contribution in [1.82, 2.24) is 0 Å². The number of unbranched alkanes of at least 4 members (excludes halogenated alkanes) is 12. The SMILES string of the molecule is CCCCCCCCC=CCCCCCCCCOP(=S)(S)S. The monoisotopic (exact) mass is 396 g/mol. The van der Waals surface area contributed by atoms with Gasteiger partial charge in [0.1, 0.15) is 0 Å². The molecule has 0 rings (SSSR count). The minimum atomic E-state index is -2.04. The smallest absolute Gasteiger partial charge is 0.168 e. The molecule has 0 N–H and O–H groups in total. The second-order valence-electron chi connectivity index (χ2n) is 6.26. The third-order valence-electron chi connectivity index (χ3n) is 3.92. The van der Waals surface area contributed by atoms with Gasteiger partial charge in [-0.2, -0.15) is 0 Å². The molecule has 138 valence electrons. The first-order valence-corrected chi connectivity index (χ1v) is 14.4. The van der Waals surface area contributed by atoms with Gasteiger partial charge in [0, 0.05) is 0 Å². The van der Waals surface area contributed by atoms with E-state index in [4.69, 9.17) is 16.3 Å². The summed E-state index contributed by atoms with van der Waals surface area (Å²) in [6, 6.07) is 0. The molecule has 0 spiro atoms. The van der Waals surface area contributed by atoms with Crippen LogP contribution >= 0.6 is 29.2 Å². The Morgan fingerprint density at radius 1 is 0.739 bits per heavy atom. The topological polar surface area (TPSA) is 9.23 Å². The number of hydrogen-bond acceptors (Lipinski definition) is 2. The van der Waals surface area contributed by atoms with E-state index in [0.29, 0.717) is 6.61 Å². The summed E-state index contributed by atoms with van der Waals surface area (Å²) < 4.78 is 3.35. The molecule has 23 heavy (non-hydrogen) atoms. The molecule has 0 aliphatic rings. The van der Waals surface area contributed by atoms with Crippen LogP contribution in [0.25, 0.3) is 0 Å². The number of thiol groups is 2. The standard InChI is InChI=1S/C18H37OPS3/c1-2-3-4-5-6-7-8-9-10-11-12-13-14-15-16-17-18-19-20(21,22)23/h9-10H,2-8,11-18H2,1H3,(H2,21,22,23). The van der Waals surface area contributed by atoms with Crippen molar-refractivity contribution in [2.45, 2.75) is 96.8 Å². The lowest BCUT2D eigenvalue weighted by atomic mass is 10.1. The molecule has 0 bridgehead atoms. The molecular formula is C18H37OPS3. The van der Waals surface area contributed by atoms with Crippen LogP contribution in [0.2, 0.25) is 0 Å². The van der Waals surface area contributed by atoms with E-state index in [1.54, 1.807) is 0 Å². The van der Waals surface area contributed by atoms with E-state index in [1.807, 2.05) is 0 Å². The van der Waals surface area contributed by atoms with Crippen LogP contribution in [0, 0.1) is 0 Å². The van der Waals surface area contributed by atoms with Crippen LogP contribution in [-0.2, 0) is 16.3 Å². The van der Waals surface area contributed by atoms with Crippen molar-refractivity contribution in [1.29, 1.82) is 0 Å². The van der Waals surface area contributed by atoms with Gasteiger partial charge in [-0.05, 0) is 43.9 Å². The highest BCUT2D eigenvalue weighted by Crippen LogP contribution is 2.56. The van der Waals surface area contributed by atoms with Crippen molar-refractivity contribution >= 4 is 41.0 Å². The first kappa shape index (κ1) is 24.1. The van der Waals surface area contributed by atoms with Gasteiger partial charge in [0.15, 0.2) is 4.67 Å². The molecule has 0 saturated carbocycles. The van der Waals surface area contributed by atoms with Crippen LogP contribution in [0.1, 0.15) is 96.8 Å². The maximum atomic E-state index is 5.39. The molecule has 0 atom stereocenters. The van der Waals surface area contributed by atoms with E-state index >= 15 is 0 Å². The number of rotatable bonds is 17. The molecule has 0 unspecified atom stereocenters. The van der Waals surface area contributed by atoms with E-state index in [2.05, 4.69) is 43.6 Å². The van der Waals surface area contributed by atoms with Crippen LogP contribution < -0.4 is 0 Å². The lowest BCUT2D eigenvalue weighted by Crippen LogP contribution is -1.88. The predicted molar refractivity (Wildman–Crippen MR) is 118 cm³/mol. The molecule has 0 aromatic carbocycles. The van der Waals surface area contributed by atoms with Gasteiger partial charge in [-0.3, -0.25) is 0 Å². The summed E-state index contributed by atoms with van der Waals surface area (Å²) in [7, 11) is 0. The minimum absolute atomic E-state index is 0.714. The average molecular weight is 397 g/mol. The minimum Gasteiger partial charge on any atom is -0.334 e. The van der Waals surface area contributed by atoms with Gasteiger partial charge in [0.2, 0.25) is 0 Å². The summed E-state index contributed by atoms with van der Waals surface area (Å²) in [5.41, 5.74) is 0. The largest absolute Gasteiger partial charge is 0.334 e. The van der Waals surface area contributed by atoms with Crippen LogP contribution in [0.15, 0.2) is 12.2 Å². The van der Waals surface area contributed by atoms with Crippen molar-refractivity contribution in [3.63, 3.8) is 0 Å². The van der Waals surface area contributed by atoms with Crippen LogP contribution in [0.3, 0.4) is 0 Å². The van der Waals surface area contributed by atoms with Crippen molar-refractivity contribution in [2.75, 3.05) is 6.61 Å². The Hall–Kier alpha value is 1.05. The van der Waals surface area contributed by atoms with Crippen LogP contribution in [0.5, 0.6) is 0 Å². The van der Waals surface area contributed by atoms with E-state index in [0.717, 1.165) is 6.42 Å². The molecule has 0 amide bonds. The van der Waals surface area contributed by atoms with Crippen molar-refractivity contribution in [3.8, 4) is 0 Å². The van der Waals surface area contributed by atoms with E-state index in [9.17, 15) is 0 Å². The van der Waals surface area contributed by atoms with Crippen molar-refractivity contribution < 1.29 is 4.52 Å². The van der Waals surface area contributed by atoms with Gasteiger partial charge in [-0.1, -0.05) is 76.9 Å². The quantitative estimate of drug-likeness (QED) is 0.111. The summed E-state index contributed by atoms with van der Waals surface area (Å²) in [6.07, 6.45) is 23.3. The lowest BCUT2D eigenvalue weighted by molar-refractivity contribution is 0.348. The maximum absolute atomic E-state index is 5.39. The molecule has 0 aliphatic heterocycles. The molecule has 0 aromatic heterocycles. The summed E-state index contributed by atoms with van der Waals surface area (Å²) in [4.78, 5) is 0. The second kappa shape index (κ2) is 17.9. The lowest BCUT2D eigenvalue weighted by Gasteiger charge is -2.08. The molecule has 1 nitrogen and oxygen atoms in total. The van der Waals surface area contributed by atoms with Crippen LogP contribution in [0.4, 0.5) is 0 Å². The maximum Gasteiger partial charge on any atom is 0.168 e. The first-order valence-electron chi connectivity index (χ1n) is 9.41. The van der Waals surface area contributed by atoms with Gasteiger partial charge in [-0.15, -0.1) is 24.5 Å². The van der Waals surface area contributed by atoms with E-state index in [1.165, 1.54) is 83.5 Å². The van der Waals surface area contributed by atoms with Gasteiger partial charge in [-0.25, -0.2) is 0 Å². The third kappa shape index (κ3) is 23.1. The predicted octanol–water partition coefficient (Wildman–Crippen LogP) is 8.12. The zero-order chi connectivity index (χ0) is 17.2. The first-order chi connectivity index (χ1) is 11.1. The molecule has 0 aliphatic carbocycles. The van der Waals surface area contributed by atoms with Crippen molar-refractivity contribution in [3.05, 3.63) is 12.2 Å². The molecule has 0 aromatic rings. The summed E-state index contributed by atoms with van der Waals surface area (Å²) in [5.74, 6) is 0. The Morgan fingerprint density at radius 2 is 1.17 bits per heavy atom. The fourth-order valence-corrected chi connectivity index (χ4v) is 3.61. The Morgan fingerprint density at radius 3 is 1.65 bits per heavy atom. The number of allylic oxidation sites excluding steroid dienone is 2. The van der Waals surface area contributed by atoms with Gasteiger partial charge in [0.05, 0.1) is 6.61 Å². The fourth-order valence-electron chi connectivity index (χ4n) is 2.53. The number of hydrogen-bond donors (Lipinski definition) is 2. The molecule has 0 fully saturated rings.